The molecule has 0 N–H and O–H groups in total. The van der Waals surface area contributed by atoms with Gasteiger partial charge < -0.3 is 13.9 Å². The van der Waals surface area contributed by atoms with Crippen molar-refractivity contribution in [3.63, 3.8) is 0 Å². The van der Waals surface area contributed by atoms with E-state index in [2.05, 4.69) is 0 Å². The first-order valence-electron chi connectivity index (χ1n) is 5.08. The van der Waals surface area contributed by atoms with Crippen LogP contribution in [0.1, 0.15) is 23.7 Å². The molecule has 2 aromatic heterocycles. The number of carbonyl (C=O) groups excluding carboxylic acids is 2. The molecular weight excluding hydrogens is 339 g/mol. The van der Waals surface area contributed by atoms with Gasteiger partial charge in [-0.3, -0.25) is 4.79 Å². The van der Waals surface area contributed by atoms with E-state index >= 15 is 0 Å². The van der Waals surface area contributed by atoms with Gasteiger partial charge in [0.15, 0.2) is 11.2 Å². The summed E-state index contributed by atoms with van der Waals surface area (Å²) in [5.41, 5.74) is 1.15. The molecule has 0 amide bonds. The summed E-state index contributed by atoms with van der Waals surface area (Å²) in [6.45, 7) is 1.89. The average molecular weight is 346 g/mol. The molecule has 0 saturated carbocycles. The number of halogens is 1. The van der Waals surface area contributed by atoms with Gasteiger partial charge in [0.2, 0.25) is 11.5 Å². The number of hydrogen-bond donors (Lipinski definition) is 0. The highest BCUT2D eigenvalue weighted by Crippen LogP contribution is 2.49. The minimum atomic E-state index is -0.461. The van der Waals surface area contributed by atoms with Crippen LogP contribution in [0.25, 0.3) is 11.2 Å². The molecular formula is C11H7IO5. The summed E-state index contributed by atoms with van der Waals surface area (Å²) in [4.78, 5) is 23.0. The van der Waals surface area contributed by atoms with Crippen LogP contribution in [0, 0.1) is 0 Å². The van der Waals surface area contributed by atoms with Crippen LogP contribution >= 0.6 is 22.6 Å². The molecule has 0 spiro atoms. The first-order chi connectivity index (χ1) is 8.11. The van der Waals surface area contributed by atoms with Crippen molar-refractivity contribution in [3.05, 3.63) is 11.6 Å². The Balaban J connectivity index is 1.94. The van der Waals surface area contributed by atoms with Gasteiger partial charge in [-0.2, -0.15) is 0 Å². The van der Waals surface area contributed by atoms with E-state index in [1.807, 2.05) is 29.5 Å². The molecule has 0 aliphatic carbocycles. The molecule has 5 nitrogen and oxygen atoms in total. The summed E-state index contributed by atoms with van der Waals surface area (Å²) in [5.74, 6) is -0.374. The molecule has 6 heteroatoms. The Morgan fingerprint density at radius 1 is 1.59 bits per heavy atom. The topological polar surface area (TPSA) is 65.7 Å². The minimum absolute atomic E-state index is 0.217. The maximum atomic E-state index is 11.7. The van der Waals surface area contributed by atoms with E-state index in [4.69, 9.17) is 13.9 Å². The lowest BCUT2D eigenvalue weighted by Crippen LogP contribution is -2.19. The van der Waals surface area contributed by atoms with Crippen LogP contribution in [-0.4, -0.2) is 15.9 Å². The number of hydrogen-bond acceptors (Lipinski definition) is 5. The lowest BCUT2D eigenvalue weighted by atomic mass is 10.2. The highest BCUT2D eigenvalue weighted by molar-refractivity contribution is 14.1. The van der Waals surface area contributed by atoms with E-state index in [0.29, 0.717) is 23.2 Å². The fourth-order valence-corrected chi connectivity index (χ4v) is 1.83. The van der Waals surface area contributed by atoms with Gasteiger partial charge in [-0.05, 0) is 6.42 Å². The number of benzene rings is 1. The van der Waals surface area contributed by atoms with Crippen molar-refractivity contribution in [3.8, 4) is 11.5 Å². The van der Waals surface area contributed by atoms with E-state index < -0.39 is 5.97 Å². The van der Waals surface area contributed by atoms with Crippen LogP contribution in [0.4, 0.5) is 0 Å². The van der Waals surface area contributed by atoms with Crippen LogP contribution in [0.3, 0.4) is 0 Å². The fraction of sp³-hybridized carbons (Fsp3) is 0.273. The monoisotopic (exact) mass is 346 g/mol. The normalized spacial score (nSPS) is 15.3. The maximum absolute atomic E-state index is 11.7. The third-order valence-corrected chi connectivity index (χ3v) is 3.99. The van der Waals surface area contributed by atoms with Crippen molar-refractivity contribution < 1.29 is 23.5 Å². The molecule has 1 aliphatic rings. The molecule has 2 bridgehead atoms. The quantitative estimate of drug-likeness (QED) is 0.370. The van der Waals surface area contributed by atoms with Gasteiger partial charge in [-0.15, -0.1) is 0 Å². The first-order valence-corrected chi connectivity index (χ1v) is 6.33. The third-order valence-electron chi connectivity index (χ3n) is 2.60. The molecule has 3 rings (SSSR count). The van der Waals surface area contributed by atoms with E-state index in [0.717, 1.165) is 0 Å². The second-order valence-electron chi connectivity index (χ2n) is 3.70. The molecule has 88 valence electrons. The van der Waals surface area contributed by atoms with Gasteiger partial charge >= 0.3 is 11.9 Å². The molecule has 0 fully saturated rings. The summed E-state index contributed by atoms with van der Waals surface area (Å²) in [6.07, 6.45) is 0.676. The van der Waals surface area contributed by atoms with Gasteiger partial charge in [0.25, 0.3) is 0 Å². The Hall–Kier alpha value is -1.31. The summed E-state index contributed by atoms with van der Waals surface area (Å²) in [6, 6.07) is 1.53. The lowest BCUT2D eigenvalue weighted by Gasteiger charge is -2.06. The second-order valence-corrected chi connectivity index (χ2v) is 5.20. The fourth-order valence-electron chi connectivity index (χ4n) is 1.71. The molecule has 0 saturated heterocycles. The standard InChI is InChI=1S/C11H7IO5/c1-2-5(12)11(14)16-8-6-3-4-7(15-6)9(8)17-10(4)13/h3,5H,2H2,1H3. The molecule has 1 aliphatic heterocycles. The van der Waals surface area contributed by atoms with Gasteiger partial charge in [-0.25, -0.2) is 4.79 Å². The van der Waals surface area contributed by atoms with E-state index in [1.54, 1.807) is 0 Å². The lowest BCUT2D eigenvalue weighted by molar-refractivity contribution is -0.133. The van der Waals surface area contributed by atoms with Gasteiger partial charge in [0.1, 0.15) is 9.49 Å². The number of ether oxygens (including phenoxy) is 2. The maximum Gasteiger partial charge on any atom is 0.347 e. The molecule has 1 unspecified atom stereocenters. The molecule has 0 aromatic carbocycles. The van der Waals surface area contributed by atoms with Crippen LogP contribution in [0.5, 0.6) is 11.5 Å². The van der Waals surface area contributed by atoms with Crippen LogP contribution < -0.4 is 9.47 Å². The molecule has 1 atom stereocenters. The van der Waals surface area contributed by atoms with E-state index in [1.165, 1.54) is 6.07 Å². The van der Waals surface area contributed by atoms with Gasteiger partial charge in [0, 0.05) is 6.07 Å². The predicted molar refractivity (Wildman–Crippen MR) is 66.1 cm³/mol. The predicted octanol–water partition coefficient (Wildman–Crippen LogP) is 2.52. The van der Waals surface area contributed by atoms with Crippen molar-refractivity contribution in [2.24, 2.45) is 0 Å². The first kappa shape index (κ1) is 10.8. The Morgan fingerprint density at radius 2 is 2.35 bits per heavy atom. The van der Waals surface area contributed by atoms with Crippen molar-refractivity contribution in [2.75, 3.05) is 0 Å². The van der Waals surface area contributed by atoms with E-state index in [-0.39, 0.29) is 21.4 Å². The Morgan fingerprint density at radius 3 is 3.06 bits per heavy atom. The van der Waals surface area contributed by atoms with Crippen molar-refractivity contribution in [1.82, 2.24) is 0 Å². The zero-order chi connectivity index (χ0) is 12.2. The van der Waals surface area contributed by atoms with Crippen molar-refractivity contribution >= 4 is 45.7 Å². The Kier molecular flexibility index (Phi) is 2.29. The van der Waals surface area contributed by atoms with Crippen molar-refractivity contribution in [2.45, 2.75) is 17.3 Å². The van der Waals surface area contributed by atoms with Gasteiger partial charge in [-0.1, -0.05) is 29.5 Å². The highest BCUT2D eigenvalue weighted by atomic mass is 127. The van der Waals surface area contributed by atoms with Crippen molar-refractivity contribution in [1.29, 1.82) is 0 Å². The zero-order valence-electron chi connectivity index (χ0n) is 8.78. The SMILES string of the molecule is CCC(I)C(=O)Oc1c2c3oc1cc3C(=O)O2. The number of esters is 2. The number of fused-ring (bicyclic) bond motifs is 1. The van der Waals surface area contributed by atoms with Crippen LogP contribution in [0.2, 0.25) is 0 Å². The zero-order valence-corrected chi connectivity index (χ0v) is 10.9. The smallest absolute Gasteiger partial charge is 0.347 e. The second kappa shape index (κ2) is 3.59. The van der Waals surface area contributed by atoms with Crippen LogP contribution in [-0.2, 0) is 4.79 Å². The number of alkyl halides is 1. The Bertz CT molecular complexity index is 614. The third kappa shape index (κ3) is 1.43. The molecule has 17 heavy (non-hydrogen) atoms. The van der Waals surface area contributed by atoms with E-state index in [9.17, 15) is 9.59 Å². The molecule has 3 heterocycles. The Labute approximate surface area is 110 Å². The van der Waals surface area contributed by atoms with Crippen LogP contribution in [0.15, 0.2) is 10.5 Å². The largest absolute Gasteiger partial charge is 0.448 e. The summed E-state index contributed by atoms with van der Waals surface area (Å²) >= 11 is 2.00. The summed E-state index contributed by atoms with van der Waals surface area (Å²) in [7, 11) is 0. The minimum Gasteiger partial charge on any atom is -0.448 e. The number of carbonyl (C=O) groups is 2. The summed E-state index contributed by atoms with van der Waals surface area (Å²) in [5, 5.41) is 0. The number of furan rings is 2. The number of rotatable bonds is 3. The molecule has 0 radical (unpaired) electrons. The highest BCUT2D eigenvalue weighted by Gasteiger charge is 2.37. The molecule has 2 aromatic rings. The average Bonchev–Trinajstić information content (AvgIpc) is 2.92. The summed E-state index contributed by atoms with van der Waals surface area (Å²) < 4.78 is 15.2. The van der Waals surface area contributed by atoms with Gasteiger partial charge in [0.05, 0.1) is 0 Å².